The Balaban J connectivity index is 1.28. The van der Waals surface area contributed by atoms with Gasteiger partial charge in [0.25, 0.3) is 0 Å². The van der Waals surface area contributed by atoms with Gasteiger partial charge in [-0.2, -0.15) is 0 Å². The highest BCUT2D eigenvalue weighted by atomic mass is 32.2. The molecule has 174 valence electrons. The van der Waals surface area contributed by atoms with Crippen molar-refractivity contribution < 1.29 is 13.2 Å². The number of carbonyl (C=O) groups excluding carboxylic acids is 1. The molecular weight excluding hydrogens is 444 g/mol. The monoisotopic (exact) mass is 476 g/mol. The largest absolute Gasteiger partial charge is 0.340 e. The molecule has 0 saturated carbocycles. The second kappa shape index (κ2) is 10.4. The Morgan fingerprint density at radius 1 is 1.12 bits per heavy atom. The zero-order valence-corrected chi connectivity index (χ0v) is 20.3. The van der Waals surface area contributed by atoms with Gasteiger partial charge >= 0.3 is 0 Å². The fraction of sp³-hybridized carbons (Fsp3) is 0.565. The molecule has 2 aliphatic heterocycles. The van der Waals surface area contributed by atoms with Gasteiger partial charge in [0.2, 0.25) is 15.9 Å². The van der Waals surface area contributed by atoms with Crippen LogP contribution in [-0.4, -0.2) is 78.4 Å². The van der Waals surface area contributed by atoms with Crippen LogP contribution in [0.25, 0.3) is 10.6 Å². The Bertz CT molecular complexity index is 1000. The van der Waals surface area contributed by atoms with E-state index in [0.29, 0.717) is 32.6 Å². The molecule has 2 saturated heterocycles. The summed E-state index contributed by atoms with van der Waals surface area (Å²) < 4.78 is 26.4. The normalized spacial score (nSPS) is 21.0. The van der Waals surface area contributed by atoms with Crippen LogP contribution in [0.3, 0.4) is 0 Å². The highest BCUT2D eigenvalue weighted by molar-refractivity contribution is 7.89. The molecule has 2 aliphatic rings. The molecule has 1 aromatic heterocycles. The number of nitrogens with zero attached hydrogens (tertiary/aromatic N) is 4. The molecule has 1 aromatic carbocycles. The van der Waals surface area contributed by atoms with Crippen LogP contribution in [0.4, 0.5) is 0 Å². The molecule has 1 atom stereocenters. The molecule has 2 fully saturated rings. The topological polar surface area (TPSA) is 73.8 Å². The van der Waals surface area contributed by atoms with E-state index in [1.54, 1.807) is 11.3 Å². The molecule has 9 heteroatoms. The van der Waals surface area contributed by atoms with Crippen molar-refractivity contribution in [3.05, 3.63) is 41.4 Å². The van der Waals surface area contributed by atoms with Gasteiger partial charge in [0.05, 0.1) is 17.4 Å². The summed E-state index contributed by atoms with van der Waals surface area (Å²) in [6.45, 7) is 6.54. The molecule has 32 heavy (non-hydrogen) atoms. The highest BCUT2D eigenvalue weighted by Gasteiger charge is 2.34. The second-order valence-electron chi connectivity index (χ2n) is 8.62. The molecule has 4 rings (SSSR count). The molecule has 0 bridgehead atoms. The molecule has 0 aliphatic carbocycles. The van der Waals surface area contributed by atoms with Crippen LogP contribution in [0.1, 0.15) is 31.9 Å². The van der Waals surface area contributed by atoms with Gasteiger partial charge in [0.15, 0.2) is 0 Å². The highest BCUT2D eigenvalue weighted by Crippen LogP contribution is 2.25. The standard InChI is InChI=1S/C23H32N4O3S2/c1-2-15-32(29,30)27-10-6-9-20(16-27)23(28)26-13-11-25(12-14-26)17-21-18-31-22(24-21)19-7-4-3-5-8-19/h3-5,7-8,18,20H,2,6,9-17H2,1H3. The SMILES string of the molecule is CCCS(=O)(=O)N1CCCC(C(=O)N2CCN(Cc3csc(-c4ccccc4)n3)CC2)C1. The summed E-state index contributed by atoms with van der Waals surface area (Å²) in [6, 6.07) is 10.2. The first-order valence-electron chi connectivity index (χ1n) is 11.4. The maximum Gasteiger partial charge on any atom is 0.227 e. The van der Waals surface area contributed by atoms with Gasteiger partial charge in [-0.05, 0) is 19.3 Å². The lowest BCUT2D eigenvalue weighted by atomic mass is 9.98. The van der Waals surface area contributed by atoms with Gasteiger partial charge in [0.1, 0.15) is 5.01 Å². The van der Waals surface area contributed by atoms with Crippen molar-refractivity contribution in [3.63, 3.8) is 0 Å². The zero-order chi connectivity index (χ0) is 22.6. The predicted octanol–water partition coefficient (Wildman–Crippen LogP) is 2.91. The average Bonchev–Trinajstić information content (AvgIpc) is 3.28. The van der Waals surface area contributed by atoms with E-state index in [1.807, 2.05) is 30.0 Å². The van der Waals surface area contributed by atoms with Gasteiger partial charge in [-0.25, -0.2) is 17.7 Å². The van der Waals surface area contributed by atoms with E-state index >= 15 is 0 Å². The number of thiazole rings is 1. The van der Waals surface area contributed by atoms with Gasteiger partial charge in [-0.1, -0.05) is 37.3 Å². The quantitative estimate of drug-likeness (QED) is 0.614. The predicted molar refractivity (Wildman–Crippen MR) is 128 cm³/mol. The average molecular weight is 477 g/mol. The number of benzene rings is 1. The first kappa shape index (κ1) is 23.4. The lowest BCUT2D eigenvalue weighted by molar-refractivity contribution is -0.138. The van der Waals surface area contributed by atoms with Crippen LogP contribution in [0.15, 0.2) is 35.7 Å². The summed E-state index contributed by atoms with van der Waals surface area (Å²) in [5.41, 5.74) is 2.21. The van der Waals surface area contributed by atoms with E-state index in [2.05, 4.69) is 22.4 Å². The number of sulfonamides is 1. The van der Waals surface area contributed by atoms with Crippen molar-refractivity contribution in [2.75, 3.05) is 45.0 Å². The van der Waals surface area contributed by atoms with Crippen molar-refractivity contribution in [2.45, 2.75) is 32.7 Å². The Kier molecular flexibility index (Phi) is 7.60. The number of piperidine rings is 1. The summed E-state index contributed by atoms with van der Waals surface area (Å²) in [6.07, 6.45) is 2.14. The van der Waals surface area contributed by atoms with Gasteiger partial charge in [-0.3, -0.25) is 9.69 Å². The van der Waals surface area contributed by atoms with Crippen molar-refractivity contribution >= 4 is 27.3 Å². The van der Waals surface area contributed by atoms with E-state index < -0.39 is 10.0 Å². The summed E-state index contributed by atoms with van der Waals surface area (Å²) >= 11 is 1.66. The molecule has 0 spiro atoms. The van der Waals surface area contributed by atoms with Crippen LogP contribution in [0.2, 0.25) is 0 Å². The summed E-state index contributed by atoms with van der Waals surface area (Å²) in [4.78, 5) is 22.1. The Morgan fingerprint density at radius 2 is 1.88 bits per heavy atom. The maximum atomic E-state index is 13.1. The first-order chi connectivity index (χ1) is 15.5. The maximum absolute atomic E-state index is 13.1. The minimum absolute atomic E-state index is 0.112. The van der Waals surface area contributed by atoms with Crippen LogP contribution in [-0.2, 0) is 21.4 Å². The summed E-state index contributed by atoms with van der Waals surface area (Å²) in [5.74, 6) is 0.0600. The molecule has 7 nitrogen and oxygen atoms in total. The van der Waals surface area contributed by atoms with Crippen molar-refractivity contribution in [1.82, 2.24) is 19.1 Å². The number of hydrogen-bond acceptors (Lipinski definition) is 6. The Labute approximate surface area is 195 Å². The molecular formula is C23H32N4O3S2. The number of amides is 1. The van der Waals surface area contributed by atoms with Crippen LogP contribution >= 0.6 is 11.3 Å². The summed E-state index contributed by atoms with van der Waals surface area (Å²) in [7, 11) is -3.24. The summed E-state index contributed by atoms with van der Waals surface area (Å²) in [5, 5.41) is 3.15. The smallest absolute Gasteiger partial charge is 0.227 e. The van der Waals surface area contributed by atoms with Gasteiger partial charge in [0, 0.05) is 56.8 Å². The number of aromatic nitrogens is 1. The molecule has 3 heterocycles. The minimum Gasteiger partial charge on any atom is -0.340 e. The van der Waals surface area contributed by atoms with E-state index in [-0.39, 0.29) is 17.6 Å². The van der Waals surface area contributed by atoms with E-state index in [9.17, 15) is 13.2 Å². The molecule has 1 unspecified atom stereocenters. The van der Waals surface area contributed by atoms with E-state index in [4.69, 9.17) is 4.98 Å². The van der Waals surface area contributed by atoms with E-state index in [1.165, 1.54) is 4.31 Å². The fourth-order valence-electron chi connectivity index (χ4n) is 4.49. The van der Waals surface area contributed by atoms with Crippen molar-refractivity contribution in [2.24, 2.45) is 5.92 Å². The first-order valence-corrected chi connectivity index (χ1v) is 13.9. The molecule has 2 aromatic rings. The number of rotatable bonds is 7. The third kappa shape index (κ3) is 5.57. The third-order valence-electron chi connectivity index (χ3n) is 6.23. The van der Waals surface area contributed by atoms with Crippen LogP contribution in [0.5, 0.6) is 0 Å². The third-order valence-corrected chi connectivity index (χ3v) is 9.21. The van der Waals surface area contributed by atoms with Crippen molar-refractivity contribution in [3.8, 4) is 10.6 Å². The lowest BCUT2D eigenvalue weighted by Crippen LogP contribution is -2.52. The van der Waals surface area contributed by atoms with Crippen LogP contribution in [0, 0.1) is 5.92 Å². The fourth-order valence-corrected chi connectivity index (χ4v) is 6.90. The molecule has 0 radical (unpaired) electrons. The Morgan fingerprint density at radius 3 is 2.59 bits per heavy atom. The van der Waals surface area contributed by atoms with E-state index in [0.717, 1.165) is 48.7 Å². The number of piperazine rings is 1. The molecule has 1 amide bonds. The zero-order valence-electron chi connectivity index (χ0n) is 18.6. The second-order valence-corrected chi connectivity index (χ2v) is 11.6. The Hall–Kier alpha value is -1.81. The molecule has 0 N–H and O–H groups in total. The van der Waals surface area contributed by atoms with Crippen molar-refractivity contribution in [1.29, 1.82) is 0 Å². The van der Waals surface area contributed by atoms with Gasteiger partial charge in [-0.15, -0.1) is 11.3 Å². The number of carbonyl (C=O) groups is 1. The lowest BCUT2D eigenvalue weighted by Gasteiger charge is -2.38. The number of hydrogen-bond donors (Lipinski definition) is 0. The van der Waals surface area contributed by atoms with Crippen LogP contribution < -0.4 is 0 Å². The minimum atomic E-state index is -3.24. The van der Waals surface area contributed by atoms with Gasteiger partial charge < -0.3 is 4.90 Å².